The minimum atomic E-state index is -3.05. The molecule has 1 aliphatic carbocycles. The zero-order valence-electron chi connectivity index (χ0n) is 21.6. The molecular formula is C25H30F2N4O8. The number of benzene rings is 1. The van der Waals surface area contributed by atoms with Crippen LogP contribution < -0.4 is 20.5 Å². The number of alkyl halides is 2. The first kappa shape index (κ1) is 28.1. The summed E-state index contributed by atoms with van der Waals surface area (Å²) in [6.45, 7) is -1.13. The van der Waals surface area contributed by atoms with Crippen molar-refractivity contribution in [2.75, 3.05) is 27.4 Å². The molecule has 14 heteroatoms. The maximum Gasteiger partial charge on any atom is 0.407 e. The molecule has 1 aliphatic heterocycles. The van der Waals surface area contributed by atoms with E-state index < -0.39 is 42.7 Å². The molecule has 39 heavy (non-hydrogen) atoms. The number of alkyl carbamates (subject to hydrolysis) is 1. The Morgan fingerprint density at radius 3 is 2.56 bits per heavy atom. The number of halogens is 2. The topological polar surface area (TPSA) is 155 Å². The lowest BCUT2D eigenvalue weighted by Gasteiger charge is -2.22. The van der Waals surface area contributed by atoms with Crippen LogP contribution in [0.15, 0.2) is 22.6 Å². The van der Waals surface area contributed by atoms with E-state index in [2.05, 4.69) is 19.8 Å². The number of amides is 2. The molecule has 0 spiro atoms. The number of carbonyl (C=O) groups excluding carboxylic acids is 3. The number of likely N-dealkylation sites (tertiary alicyclic amines) is 1. The van der Waals surface area contributed by atoms with Crippen molar-refractivity contribution in [1.82, 2.24) is 15.2 Å². The standard InChI is InChI=1S/C25H30F2N4O8/c1-12(28)20-19(22(32)31-10-15(29-25(34)36-3)9-16(31)23(33)35-2)30-21(39-20)14-6-7-17(38-24(26)27)18(8-14)37-11-13-4-5-13/h6-8,12-13,15-16,24H,4-5,9-11,28H2,1-3H3,(H,29,34)/t12-,15-,16+/m0/s1. The predicted molar refractivity (Wildman–Crippen MR) is 130 cm³/mol. The van der Waals surface area contributed by atoms with Crippen LogP contribution >= 0.6 is 0 Å². The first-order valence-electron chi connectivity index (χ1n) is 12.3. The van der Waals surface area contributed by atoms with Crippen LogP contribution in [0, 0.1) is 5.92 Å². The van der Waals surface area contributed by atoms with Gasteiger partial charge in [-0.1, -0.05) is 0 Å². The number of aromatic nitrogens is 1. The number of rotatable bonds is 10. The summed E-state index contributed by atoms with van der Waals surface area (Å²) in [4.78, 5) is 43.4. The molecule has 2 amide bonds. The molecule has 2 fully saturated rings. The number of ether oxygens (including phenoxy) is 4. The quantitative estimate of drug-likeness (QED) is 0.420. The molecule has 1 saturated carbocycles. The Morgan fingerprint density at radius 1 is 1.21 bits per heavy atom. The van der Waals surface area contributed by atoms with E-state index in [4.69, 9.17) is 19.6 Å². The molecule has 3 N–H and O–H groups in total. The molecule has 212 valence electrons. The van der Waals surface area contributed by atoms with E-state index >= 15 is 0 Å². The third kappa shape index (κ3) is 6.56. The smallest absolute Gasteiger partial charge is 0.407 e. The SMILES string of the molecule is COC(=O)N[C@H]1C[C@H](C(=O)OC)N(C(=O)c2nc(-c3ccc(OC(F)F)c(OCC4CC4)c3)oc2[C@H](C)N)C1. The van der Waals surface area contributed by atoms with Gasteiger partial charge < -0.3 is 39.3 Å². The van der Waals surface area contributed by atoms with Crippen molar-refractivity contribution < 1.29 is 46.5 Å². The van der Waals surface area contributed by atoms with Crippen LogP contribution in [0.4, 0.5) is 13.6 Å². The lowest BCUT2D eigenvalue weighted by Crippen LogP contribution is -2.42. The summed E-state index contributed by atoms with van der Waals surface area (Å²) in [5, 5.41) is 2.58. The fraction of sp³-hybridized carbons (Fsp3) is 0.520. The highest BCUT2D eigenvalue weighted by Crippen LogP contribution is 2.37. The molecular weight excluding hydrogens is 522 g/mol. The van der Waals surface area contributed by atoms with Gasteiger partial charge in [-0.25, -0.2) is 14.6 Å². The fourth-order valence-corrected chi connectivity index (χ4v) is 4.24. The summed E-state index contributed by atoms with van der Waals surface area (Å²) in [6.07, 6.45) is 1.37. The zero-order valence-corrected chi connectivity index (χ0v) is 21.6. The minimum Gasteiger partial charge on any atom is -0.489 e. The number of hydrogen-bond acceptors (Lipinski definition) is 10. The summed E-state index contributed by atoms with van der Waals surface area (Å²) in [5.74, 6) is -1.01. The average molecular weight is 553 g/mol. The van der Waals surface area contributed by atoms with E-state index in [1.54, 1.807) is 6.92 Å². The number of nitrogens with zero attached hydrogens (tertiary/aromatic N) is 2. The Balaban J connectivity index is 1.65. The average Bonchev–Trinajstić information content (AvgIpc) is 3.47. The van der Waals surface area contributed by atoms with Crippen molar-refractivity contribution in [1.29, 1.82) is 0 Å². The largest absolute Gasteiger partial charge is 0.489 e. The van der Waals surface area contributed by atoms with E-state index in [1.165, 1.54) is 37.3 Å². The van der Waals surface area contributed by atoms with Crippen molar-refractivity contribution in [3.8, 4) is 23.0 Å². The van der Waals surface area contributed by atoms with Gasteiger partial charge in [0.25, 0.3) is 5.91 Å². The second-order valence-corrected chi connectivity index (χ2v) is 9.38. The molecule has 2 heterocycles. The maximum atomic E-state index is 13.6. The molecule has 3 atom stereocenters. The highest BCUT2D eigenvalue weighted by atomic mass is 19.3. The number of nitrogens with two attached hydrogens (primary N) is 1. The molecule has 4 rings (SSSR count). The van der Waals surface area contributed by atoms with Gasteiger partial charge in [0.1, 0.15) is 6.04 Å². The molecule has 1 aromatic heterocycles. The van der Waals surface area contributed by atoms with Crippen LogP contribution in [-0.2, 0) is 14.3 Å². The monoisotopic (exact) mass is 552 g/mol. The molecule has 2 aromatic rings. The number of carbonyl (C=O) groups is 3. The third-order valence-corrected chi connectivity index (χ3v) is 6.39. The number of oxazole rings is 1. The Kier molecular flexibility index (Phi) is 8.53. The van der Waals surface area contributed by atoms with Crippen molar-refractivity contribution in [3.63, 3.8) is 0 Å². The molecule has 1 saturated heterocycles. The first-order chi connectivity index (χ1) is 18.6. The minimum absolute atomic E-state index is 0.0106. The number of methoxy groups -OCH3 is 2. The lowest BCUT2D eigenvalue weighted by molar-refractivity contribution is -0.145. The number of hydrogen-bond donors (Lipinski definition) is 2. The van der Waals surface area contributed by atoms with E-state index in [0.29, 0.717) is 18.1 Å². The van der Waals surface area contributed by atoms with Gasteiger partial charge in [-0.15, -0.1) is 0 Å². The van der Waals surface area contributed by atoms with Gasteiger partial charge in [0.2, 0.25) is 5.89 Å². The van der Waals surface area contributed by atoms with Gasteiger partial charge in [-0.3, -0.25) is 4.79 Å². The molecule has 0 unspecified atom stereocenters. The van der Waals surface area contributed by atoms with Crippen LogP contribution in [0.2, 0.25) is 0 Å². The Labute approximate surface area is 222 Å². The molecule has 2 aliphatic rings. The van der Waals surface area contributed by atoms with Gasteiger partial charge in [0.05, 0.1) is 32.9 Å². The first-order valence-corrected chi connectivity index (χ1v) is 12.3. The highest BCUT2D eigenvalue weighted by molar-refractivity contribution is 5.97. The van der Waals surface area contributed by atoms with Crippen LogP contribution in [0.5, 0.6) is 11.5 Å². The van der Waals surface area contributed by atoms with Crippen LogP contribution in [0.3, 0.4) is 0 Å². The summed E-state index contributed by atoms with van der Waals surface area (Å²) in [7, 11) is 2.39. The van der Waals surface area contributed by atoms with Crippen LogP contribution in [-0.4, -0.2) is 73.9 Å². The predicted octanol–water partition coefficient (Wildman–Crippen LogP) is 2.86. The normalized spacial score (nSPS) is 19.5. The van der Waals surface area contributed by atoms with Gasteiger partial charge in [-0.05, 0) is 43.9 Å². The van der Waals surface area contributed by atoms with Crippen molar-refractivity contribution in [3.05, 3.63) is 29.7 Å². The summed E-state index contributed by atoms with van der Waals surface area (Å²) in [5.41, 5.74) is 6.27. The van der Waals surface area contributed by atoms with E-state index in [1.807, 2.05) is 0 Å². The Morgan fingerprint density at radius 2 is 1.95 bits per heavy atom. The van der Waals surface area contributed by atoms with Crippen LogP contribution in [0.25, 0.3) is 11.5 Å². The van der Waals surface area contributed by atoms with Crippen molar-refractivity contribution in [2.45, 2.75) is 50.9 Å². The molecule has 12 nitrogen and oxygen atoms in total. The van der Waals surface area contributed by atoms with Crippen molar-refractivity contribution in [2.24, 2.45) is 11.7 Å². The van der Waals surface area contributed by atoms with Gasteiger partial charge in [-0.2, -0.15) is 8.78 Å². The van der Waals surface area contributed by atoms with Gasteiger partial charge in [0, 0.05) is 18.5 Å². The second-order valence-electron chi connectivity index (χ2n) is 9.38. The van der Waals surface area contributed by atoms with E-state index in [0.717, 1.165) is 12.8 Å². The Bertz CT molecular complexity index is 1220. The Hall–Kier alpha value is -3.94. The maximum absolute atomic E-state index is 13.6. The fourth-order valence-electron chi connectivity index (χ4n) is 4.24. The lowest BCUT2D eigenvalue weighted by atomic mass is 10.1. The number of nitrogens with one attached hydrogen (secondary N) is 1. The second kappa shape index (κ2) is 11.8. The van der Waals surface area contributed by atoms with E-state index in [-0.39, 0.29) is 41.8 Å². The summed E-state index contributed by atoms with van der Waals surface area (Å²) < 4.78 is 51.5. The highest BCUT2D eigenvalue weighted by Gasteiger charge is 2.43. The van der Waals surface area contributed by atoms with Gasteiger partial charge >= 0.3 is 18.7 Å². The zero-order chi connectivity index (χ0) is 28.3. The molecule has 0 radical (unpaired) electrons. The summed E-state index contributed by atoms with van der Waals surface area (Å²) in [6, 6.07) is 1.84. The van der Waals surface area contributed by atoms with Gasteiger partial charge in [0.15, 0.2) is 23.0 Å². The summed E-state index contributed by atoms with van der Waals surface area (Å²) >= 11 is 0. The number of esters is 1. The van der Waals surface area contributed by atoms with E-state index in [9.17, 15) is 23.2 Å². The molecule has 0 bridgehead atoms. The van der Waals surface area contributed by atoms with Crippen molar-refractivity contribution >= 4 is 18.0 Å². The van der Waals surface area contributed by atoms with Crippen LogP contribution in [0.1, 0.15) is 48.5 Å². The molecule has 1 aromatic carbocycles. The third-order valence-electron chi connectivity index (χ3n) is 6.39.